The molecule has 0 bridgehead atoms. The molecule has 18 heavy (non-hydrogen) atoms. The molecule has 10 heteroatoms. The minimum atomic E-state index is -4.69. The molecule has 4 N–H and O–H groups in total. The van der Waals surface area contributed by atoms with E-state index in [-0.39, 0.29) is 0 Å². The van der Waals surface area contributed by atoms with E-state index in [4.69, 9.17) is 26.4 Å². The van der Waals surface area contributed by atoms with Gasteiger partial charge in [-0.05, 0) is 12.1 Å². The number of hydrogen-bond donors (Lipinski definition) is 4. The number of aromatic carboxylic acids is 1. The molecule has 8 nitrogen and oxygen atoms in total. The van der Waals surface area contributed by atoms with E-state index in [1.807, 2.05) is 0 Å². The van der Waals surface area contributed by atoms with Crippen molar-refractivity contribution in [2.24, 2.45) is 0 Å². The Kier molecular flexibility index (Phi) is 3.79. The molecule has 1 amide bonds. The maximum absolute atomic E-state index is 10.9. The minimum absolute atomic E-state index is 0.521. The molecule has 0 fully saturated rings. The molecule has 0 unspecified atom stereocenters. The van der Waals surface area contributed by atoms with Crippen LogP contribution in [0.25, 0.3) is 0 Å². The zero-order valence-corrected chi connectivity index (χ0v) is 9.99. The molecule has 0 aliphatic rings. The minimum Gasteiger partial charge on any atom is -0.478 e. The first-order valence-electron chi connectivity index (χ1n) is 4.17. The molecular weight excluding hydrogens is 290 g/mol. The second kappa shape index (κ2) is 4.80. The molecule has 0 aliphatic heterocycles. The van der Waals surface area contributed by atoms with E-state index in [0.29, 0.717) is 6.07 Å². The Morgan fingerprint density at radius 2 is 1.78 bits per heavy atom. The van der Waals surface area contributed by atoms with Crippen LogP contribution in [0.3, 0.4) is 0 Å². The van der Waals surface area contributed by atoms with Gasteiger partial charge in [-0.3, -0.25) is 9.87 Å². The zero-order valence-electron chi connectivity index (χ0n) is 8.42. The van der Waals surface area contributed by atoms with Crippen molar-refractivity contribution < 1.29 is 32.8 Å². The van der Waals surface area contributed by atoms with E-state index >= 15 is 0 Å². The van der Waals surface area contributed by atoms with Crippen LogP contribution in [-0.4, -0.2) is 35.2 Å². The summed E-state index contributed by atoms with van der Waals surface area (Å²) in [7, 11) is -4.69. The molecule has 98 valence electrons. The highest BCUT2D eigenvalue weighted by Gasteiger charge is 2.21. The van der Waals surface area contributed by atoms with Gasteiger partial charge in [0, 0.05) is 0 Å². The summed E-state index contributed by atoms with van der Waals surface area (Å²) in [5, 5.41) is 18.4. The largest absolute Gasteiger partial charge is 0.478 e. The van der Waals surface area contributed by atoms with Gasteiger partial charge in [-0.1, -0.05) is 11.6 Å². The highest BCUT2D eigenvalue weighted by Crippen LogP contribution is 2.28. The summed E-state index contributed by atoms with van der Waals surface area (Å²) >= 11 is 5.49. The number of carboxylic acids is 1. The average Bonchev–Trinajstić information content (AvgIpc) is 2.17. The summed E-state index contributed by atoms with van der Waals surface area (Å²) in [6.45, 7) is 0. The monoisotopic (exact) mass is 295 g/mol. The van der Waals surface area contributed by atoms with E-state index in [9.17, 15) is 18.0 Å². The number of carboxylic acid groups (broad SMARTS) is 2. The van der Waals surface area contributed by atoms with Crippen molar-refractivity contribution in [1.29, 1.82) is 0 Å². The molecule has 1 rings (SSSR count). The number of rotatable bonds is 3. The zero-order chi connectivity index (χ0) is 14.1. The van der Waals surface area contributed by atoms with Crippen LogP contribution in [0.4, 0.5) is 10.5 Å². The summed E-state index contributed by atoms with van der Waals surface area (Å²) < 4.78 is 30.7. The Hall–Kier alpha value is -1.84. The topological polar surface area (TPSA) is 141 Å². The van der Waals surface area contributed by atoms with Crippen molar-refractivity contribution >= 4 is 39.5 Å². The van der Waals surface area contributed by atoms with Crippen LogP contribution in [0.5, 0.6) is 0 Å². The molecule has 0 heterocycles. The van der Waals surface area contributed by atoms with Crippen molar-refractivity contribution in [1.82, 2.24) is 0 Å². The fraction of sp³-hybridized carbons (Fsp3) is 0. The maximum Gasteiger partial charge on any atom is 0.409 e. The van der Waals surface area contributed by atoms with E-state index in [1.54, 1.807) is 5.32 Å². The number of halogens is 1. The smallest absolute Gasteiger partial charge is 0.409 e. The quantitative estimate of drug-likeness (QED) is 0.617. The van der Waals surface area contributed by atoms with Gasteiger partial charge in [-0.25, -0.2) is 9.59 Å². The van der Waals surface area contributed by atoms with E-state index in [0.717, 1.165) is 6.07 Å². The van der Waals surface area contributed by atoms with Crippen LogP contribution in [-0.2, 0) is 10.1 Å². The lowest BCUT2D eigenvalue weighted by Crippen LogP contribution is -2.13. The number of anilines is 1. The number of hydrogen-bond acceptors (Lipinski definition) is 4. The second-order valence-electron chi connectivity index (χ2n) is 3.04. The average molecular weight is 296 g/mol. The van der Waals surface area contributed by atoms with E-state index in [1.165, 1.54) is 0 Å². The molecule has 1 aromatic rings. The molecule has 1 aromatic carbocycles. The van der Waals surface area contributed by atoms with Crippen molar-refractivity contribution in [3.63, 3.8) is 0 Å². The third kappa shape index (κ3) is 3.09. The molecular formula is C8H6ClNO7S. The summed E-state index contributed by atoms with van der Waals surface area (Å²) in [6, 6.07) is 1.34. The lowest BCUT2D eigenvalue weighted by molar-refractivity contribution is 0.0698. The van der Waals surface area contributed by atoms with Crippen LogP contribution < -0.4 is 5.32 Å². The van der Waals surface area contributed by atoms with Crippen LogP contribution >= 0.6 is 11.6 Å². The molecule has 0 aromatic heterocycles. The standard InChI is InChI=1S/C8H6ClNO7S/c9-4-1-3(7(11)12)5(10-8(13)14)2-6(4)18(15,16)17/h1-2,10H,(H,11,12)(H,13,14)(H,15,16,17). The fourth-order valence-electron chi connectivity index (χ4n) is 1.15. The first kappa shape index (κ1) is 14.2. The van der Waals surface area contributed by atoms with E-state index < -0.39 is 43.3 Å². The lowest BCUT2D eigenvalue weighted by Gasteiger charge is -2.09. The van der Waals surface area contributed by atoms with Crippen LogP contribution in [0.2, 0.25) is 5.02 Å². The maximum atomic E-state index is 10.9. The molecule has 0 saturated heterocycles. The van der Waals surface area contributed by atoms with Crippen molar-refractivity contribution in [3.8, 4) is 0 Å². The van der Waals surface area contributed by atoms with Gasteiger partial charge < -0.3 is 10.2 Å². The Morgan fingerprint density at radius 1 is 1.22 bits per heavy atom. The summed E-state index contributed by atoms with van der Waals surface area (Å²) in [6.07, 6.45) is -1.60. The van der Waals surface area contributed by atoms with Gasteiger partial charge in [0.15, 0.2) is 0 Å². The van der Waals surface area contributed by atoms with Crippen molar-refractivity contribution in [3.05, 3.63) is 22.7 Å². The first-order valence-corrected chi connectivity index (χ1v) is 5.99. The van der Waals surface area contributed by atoms with Gasteiger partial charge in [0.05, 0.1) is 16.3 Å². The van der Waals surface area contributed by atoms with Crippen molar-refractivity contribution in [2.75, 3.05) is 5.32 Å². The second-order valence-corrected chi connectivity index (χ2v) is 4.84. The Labute approximate surface area is 106 Å². The molecule has 0 atom stereocenters. The predicted molar refractivity (Wildman–Crippen MR) is 59.9 cm³/mol. The SMILES string of the molecule is O=C(O)Nc1cc(S(=O)(=O)O)c(Cl)cc1C(=O)O. The number of amides is 1. The number of nitrogens with one attached hydrogen (secondary N) is 1. The van der Waals surface area contributed by atoms with Crippen molar-refractivity contribution in [2.45, 2.75) is 4.90 Å². The Morgan fingerprint density at radius 3 is 2.17 bits per heavy atom. The summed E-state index contributed by atoms with van der Waals surface area (Å²) in [5.74, 6) is -1.51. The van der Waals surface area contributed by atoms with Crippen LogP contribution in [0, 0.1) is 0 Å². The normalized spacial score (nSPS) is 11.0. The van der Waals surface area contributed by atoms with Gasteiger partial charge in [0.1, 0.15) is 4.90 Å². The van der Waals surface area contributed by atoms with Gasteiger partial charge in [0.2, 0.25) is 0 Å². The predicted octanol–water partition coefficient (Wildman–Crippen LogP) is 1.37. The Balaban J connectivity index is 3.55. The summed E-state index contributed by atoms with van der Waals surface area (Å²) in [5.41, 5.74) is -1.07. The Bertz CT molecular complexity index is 625. The van der Waals surface area contributed by atoms with Gasteiger partial charge >= 0.3 is 12.1 Å². The van der Waals surface area contributed by atoms with Crippen LogP contribution in [0.15, 0.2) is 17.0 Å². The number of carbonyl (C=O) groups is 2. The first-order chi connectivity index (χ1) is 8.12. The van der Waals surface area contributed by atoms with Crippen LogP contribution in [0.1, 0.15) is 10.4 Å². The van der Waals surface area contributed by atoms with E-state index in [2.05, 4.69) is 0 Å². The van der Waals surface area contributed by atoms with Gasteiger partial charge in [-0.15, -0.1) is 0 Å². The van der Waals surface area contributed by atoms with Gasteiger partial charge in [0.25, 0.3) is 10.1 Å². The molecule has 0 saturated carbocycles. The third-order valence-electron chi connectivity index (χ3n) is 1.82. The molecule has 0 aliphatic carbocycles. The fourth-order valence-corrected chi connectivity index (χ4v) is 2.17. The number of benzene rings is 1. The summed E-state index contributed by atoms with van der Waals surface area (Å²) in [4.78, 5) is 20.5. The van der Waals surface area contributed by atoms with Gasteiger partial charge in [-0.2, -0.15) is 8.42 Å². The molecule has 0 spiro atoms. The lowest BCUT2D eigenvalue weighted by atomic mass is 10.2. The third-order valence-corrected chi connectivity index (χ3v) is 3.14. The molecule has 0 radical (unpaired) electrons. The highest BCUT2D eigenvalue weighted by atomic mass is 35.5. The highest BCUT2D eigenvalue weighted by molar-refractivity contribution is 7.86.